The van der Waals surface area contributed by atoms with E-state index in [1.54, 1.807) is 6.20 Å². The molecular formula is C14H21N5O. The van der Waals surface area contributed by atoms with Crippen molar-refractivity contribution in [3.63, 3.8) is 0 Å². The molecule has 1 aliphatic heterocycles. The summed E-state index contributed by atoms with van der Waals surface area (Å²) in [6.45, 7) is 8.42. The average molecular weight is 275 g/mol. The van der Waals surface area contributed by atoms with Crippen LogP contribution in [0.25, 0.3) is 0 Å². The predicted molar refractivity (Wildman–Crippen MR) is 75.2 cm³/mol. The molecule has 0 aromatic carbocycles. The molecule has 2 aromatic heterocycles. The smallest absolute Gasteiger partial charge is 0.0755 e. The van der Waals surface area contributed by atoms with E-state index in [9.17, 15) is 0 Å². The first-order valence-electron chi connectivity index (χ1n) is 7.12. The predicted octanol–water partition coefficient (Wildman–Crippen LogP) is 1.51. The van der Waals surface area contributed by atoms with Crippen LogP contribution >= 0.6 is 0 Å². The van der Waals surface area contributed by atoms with E-state index < -0.39 is 0 Å². The normalized spacial score (nSPS) is 20.4. The van der Waals surface area contributed by atoms with Crippen LogP contribution in [0, 0.1) is 6.92 Å². The van der Waals surface area contributed by atoms with E-state index >= 15 is 0 Å². The number of nitrogens with zero attached hydrogens (tertiary/aromatic N) is 4. The molecule has 1 atom stereocenters. The molecule has 3 rings (SSSR count). The molecule has 0 aliphatic carbocycles. The number of hydrogen-bond donors (Lipinski definition) is 1. The Morgan fingerprint density at radius 2 is 2.40 bits per heavy atom. The highest BCUT2D eigenvalue weighted by Gasteiger charge is 2.26. The first kappa shape index (κ1) is 13.3. The van der Waals surface area contributed by atoms with E-state index in [0.29, 0.717) is 6.61 Å². The van der Waals surface area contributed by atoms with Crippen LogP contribution in [-0.2, 0) is 17.8 Å². The van der Waals surface area contributed by atoms with E-state index in [-0.39, 0.29) is 6.04 Å². The Balaban J connectivity index is 1.78. The maximum absolute atomic E-state index is 5.62. The van der Waals surface area contributed by atoms with Gasteiger partial charge in [0.2, 0.25) is 0 Å². The van der Waals surface area contributed by atoms with Gasteiger partial charge in [-0.3, -0.25) is 14.7 Å². The number of morpholine rings is 1. The van der Waals surface area contributed by atoms with Crippen molar-refractivity contribution in [1.29, 1.82) is 0 Å². The zero-order chi connectivity index (χ0) is 13.9. The standard InChI is InChI=1S/C14H21N5O/c1-3-19-9-12(11(2)17-19)8-18-6-7-20-10-14(18)13-4-5-15-16-13/h4-5,9,14H,3,6-8,10H2,1-2H3,(H,15,16). The Hall–Kier alpha value is -1.66. The van der Waals surface area contributed by atoms with Gasteiger partial charge in [-0.15, -0.1) is 0 Å². The molecule has 3 heterocycles. The van der Waals surface area contributed by atoms with Crippen LogP contribution in [0.4, 0.5) is 0 Å². The minimum Gasteiger partial charge on any atom is -0.378 e. The summed E-state index contributed by atoms with van der Waals surface area (Å²) in [5.41, 5.74) is 3.52. The number of aryl methyl sites for hydroxylation is 2. The largest absolute Gasteiger partial charge is 0.378 e. The van der Waals surface area contributed by atoms with Crippen molar-refractivity contribution in [1.82, 2.24) is 24.9 Å². The van der Waals surface area contributed by atoms with Crippen LogP contribution in [0.1, 0.15) is 29.9 Å². The molecule has 0 spiro atoms. The fraction of sp³-hybridized carbons (Fsp3) is 0.571. The molecule has 6 heteroatoms. The highest BCUT2D eigenvalue weighted by Crippen LogP contribution is 2.24. The van der Waals surface area contributed by atoms with Crippen LogP contribution in [0.2, 0.25) is 0 Å². The van der Waals surface area contributed by atoms with Crippen LogP contribution in [0.15, 0.2) is 18.5 Å². The summed E-state index contributed by atoms with van der Waals surface area (Å²) in [6, 6.07) is 2.27. The van der Waals surface area contributed by atoms with Crippen molar-refractivity contribution in [3.8, 4) is 0 Å². The molecule has 1 unspecified atom stereocenters. The maximum Gasteiger partial charge on any atom is 0.0755 e. The second-order valence-corrected chi connectivity index (χ2v) is 5.17. The lowest BCUT2D eigenvalue weighted by atomic mass is 10.1. The van der Waals surface area contributed by atoms with E-state index in [1.807, 2.05) is 10.7 Å². The summed E-state index contributed by atoms with van der Waals surface area (Å²) in [7, 11) is 0. The summed E-state index contributed by atoms with van der Waals surface area (Å²) >= 11 is 0. The second kappa shape index (κ2) is 5.76. The highest BCUT2D eigenvalue weighted by atomic mass is 16.5. The lowest BCUT2D eigenvalue weighted by molar-refractivity contribution is -0.0143. The van der Waals surface area contributed by atoms with Gasteiger partial charge in [-0.25, -0.2) is 0 Å². The van der Waals surface area contributed by atoms with E-state index in [4.69, 9.17) is 4.74 Å². The van der Waals surface area contributed by atoms with Gasteiger partial charge in [0.15, 0.2) is 0 Å². The fourth-order valence-electron chi connectivity index (χ4n) is 2.66. The van der Waals surface area contributed by atoms with E-state index in [2.05, 4.69) is 40.2 Å². The zero-order valence-corrected chi connectivity index (χ0v) is 12.0. The van der Waals surface area contributed by atoms with E-state index in [1.165, 1.54) is 5.56 Å². The number of aromatic amines is 1. The second-order valence-electron chi connectivity index (χ2n) is 5.17. The Bertz CT molecular complexity index is 548. The molecular weight excluding hydrogens is 254 g/mol. The summed E-state index contributed by atoms with van der Waals surface area (Å²) in [5.74, 6) is 0. The summed E-state index contributed by atoms with van der Waals surface area (Å²) in [5, 5.41) is 11.6. The van der Waals surface area contributed by atoms with Crippen molar-refractivity contribution >= 4 is 0 Å². The third-order valence-corrected chi connectivity index (χ3v) is 3.87. The molecule has 20 heavy (non-hydrogen) atoms. The number of nitrogens with one attached hydrogen (secondary N) is 1. The average Bonchev–Trinajstić information content (AvgIpc) is 3.10. The molecule has 0 radical (unpaired) electrons. The van der Waals surface area contributed by atoms with Gasteiger partial charge < -0.3 is 4.74 Å². The van der Waals surface area contributed by atoms with Crippen LogP contribution in [0.3, 0.4) is 0 Å². The molecule has 108 valence electrons. The van der Waals surface area contributed by atoms with Gasteiger partial charge in [-0.2, -0.15) is 10.2 Å². The number of hydrogen-bond acceptors (Lipinski definition) is 4. The van der Waals surface area contributed by atoms with Gasteiger partial charge in [-0.05, 0) is 19.9 Å². The Kier molecular flexibility index (Phi) is 3.84. The number of rotatable bonds is 4. The van der Waals surface area contributed by atoms with Crippen molar-refractivity contribution in [2.24, 2.45) is 0 Å². The van der Waals surface area contributed by atoms with Crippen molar-refractivity contribution in [2.75, 3.05) is 19.8 Å². The molecule has 0 saturated carbocycles. The van der Waals surface area contributed by atoms with Gasteiger partial charge in [0.05, 0.1) is 30.6 Å². The molecule has 1 N–H and O–H groups in total. The Labute approximate surface area is 118 Å². The molecule has 1 fully saturated rings. The third-order valence-electron chi connectivity index (χ3n) is 3.87. The molecule has 0 bridgehead atoms. The molecule has 1 aliphatic rings. The third kappa shape index (κ3) is 2.62. The fourth-order valence-corrected chi connectivity index (χ4v) is 2.66. The van der Waals surface area contributed by atoms with Gasteiger partial charge in [-0.1, -0.05) is 0 Å². The van der Waals surface area contributed by atoms with Gasteiger partial charge in [0.1, 0.15) is 0 Å². The topological polar surface area (TPSA) is 59.0 Å². The zero-order valence-electron chi connectivity index (χ0n) is 12.0. The van der Waals surface area contributed by atoms with Gasteiger partial charge in [0, 0.05) is 37.6 Å². The first-order valence-corrected chi connectivity index (χ1v) is 7.12. The van der Waals surface area contributed by atoms with Crippen molar-refractivity contribution < 1.29 is 4.74 Å². The van der Waals surface area contributed by atoms with E-state index in [0.717, 1.165) is 37.6 Å². The lowest BCUT2D eigenvalue weighted by Gasteiger charge is -2.34. The van der Waals surface area contributed by atoms with Gasteiger partial charge >= 0.3 is 0 Å². The monoisotopic (exact) mass is 275 g/mol. The minimum atomic E-state index is 0.246. The highest BCUT2D eigenvalue weighted by molar-refractivity contribution is 5.16. The first-order chi connectivity index (χ1) is 9.78. The Morgan fingerprint density at radius 1 is 1.50 bits per heavy atom. The summed E-state index contributed by atoms with van der Waals surface area (Å²) < 4.78 is 7.62. The maximum atomic E-state index is 5.62. The van der Waals surface area contributed by atoms with Crippen molar-refractivity contribution in [3.05, 3.63) is 35.4 Å². The molecule has 0 amide bonds. The summed E-state index contributed by atoms with van der Waals surface area (Å²) in [6.07, 6.45) is 3.94. The molecule has 1 saturated heterocycles. The SMILES string of the molecule is CCn1cc(CN2CCOCC2c2ccn[nH]2)c(C)n1. The number of aromatic nitrogens is 4. The Morgan fingerprint density at radius 3 is 3.10 bits per heavy atom. The molecule has 6 nitrogen and oxygen atoms in total. The molecule has 2 aromatic rings. The van der Waals surface area contributed by atoms with Crippen LogP contribution < -0.4 is 0 Å². The number of H-pyrrole nitrogens is 1. The quantitative estimate of drug-likeness (QED) is 0.919. The summed E-state index contributed by atoms with van der Waals surface area (Å²) in [4.78, 5) is 2.43. The van der Waals surface area contributed by atoms with Crippen LogP contribution in [0.5, 0.6) is 0 Å². The minimum absolute atomic E-state index is 0.246. The lowest BCUT2D eigenvalue weighted by Crippen LogP contribution is -2.39. The van der Waals surface area contributed by atoms with Crippen molar-refractivity contribution in [2.45, 2.75) is 33.0 Å². The van der Waals surface area contributed by atoms with Crippen LogP contribution in [-0.4, -0.2) is 44.6 Å². The number of ether oxygens (including phenoxy) is 1. The van der Waals surface area contributed by atoms with Gasteiger partial charge in [0.25, 0.3) is 0 Å².